The smallest absolute Gasteiger partial charge is 0.429 e. The maximum atomic E-state index is 13.5. The zero-order valence-corrected chi connectivity index (χ0v) is 17.5. The molecule has 0 spiro atoms. The number of aliphatic hydroxyl groups excluding tert-OH is 1. The van der Waals surface area contributed by atoms with E-state index in [-0.39, 0.29) is 12.2 Å². The molecule has 0 bridgehead atoms. The SMILES string of the molecule is CCOC(=O)C(C(=N)C(F)(F)F)C(NC(O)c1ccccc1[N+](=O)[O-])c1ccccc1[N+](=O)[O-]. The van der Waals surface area contributed by atoms with Crippen LogP contribution in [0.5, 0.6) is 0 Å². The lowest BCUT2D eigenvalue weighted by atomic mass is 9.87. The van der Waals surface area contributed by atoms with Gasteiger partial charge in [-0.15, -0.1) is 0 Å². The molecule has 0 radical (unpaired) electrons. The average molecular weight is 484 g/mol. The number of halogens is 3. The fraction of sp³-hybridized carbons (Fsp3) is 0.300. The Balaban J connectivity index is 2.71. The number of carbonyl (C=O) groups excluding carboxylic acids is 1. The fourth-order valence-electron chi connectivity index (χ4n) is 3.26. The molecule has 0 aromatic heterocycles. The van der Waals surface area contributed by atoms with E-state index in [9.17, 15) is 43.3 Å². The number of nitro groups is 2. The molecule has 0 saturated heterocycles. The summed E-state index contributed by atoms with van der Waals surface area (Å²) in [4.78, 5) is 33.7. The third-order valence-electron chi connectivity index (χ3n) is 4.72. The van der Waals surface area contributed by atoms with Crippen molar-refractivity contribution < 1.29 is 37.7 Å². The van der Waals surface area contributed by atoms with E-state index in [2.05, 4.69) is 5.32 Å². The normalized spacial score (nSPS) is 14.0. The second kappa shape index (κ2) is 10.8. The summed E-state index contributed by atoms with van der Waals surface area (Å²) >= 11 is 0. The van der Waals surface area contributed by atoms with E-state index >= 15 is 0 Å². The predicted octanol–water partition coefficient (Wildman–Crippen LogP) is 3.59. The Kier molecular flexibility index (Phi) is 8.37. The maximum Gasteiger partial charge on any atom is 0.429 e. The molecule has 0 aliphatic carbocycles. The molecule has 3 N–H and O–H groups in total. The summed E-state index contributed by atoms with van der Waals surface area (Å²) in [5.41, 5.74) is -4.24. The molecule has 0 fully saturated rings. The van der Waals surface area contributed by atoms with Crippen LogP contribution in [-0.2, 0) is 9.53 Å². The van der Waals surface area contributed by atoms with Crippen molar-refractivity contribution in [3.63, 3.8) is 0 Å². The molecule has 14 heteroatoms. The number of alkyl halides is 3. The number of para-hydroxylation sites is 2. The van der Waals surface area contributed by atoms with Crippen LogP contribution in [0.4, 0.5) is 24.5 Å². The number of ether oxygens (including phenoxy) is 1. The zero-order chi connectivity index (χ0) is 25.6. The highest BCUT2D eigenvalue weighted by molar-refractivity contribution is 6.04. The van der Waals surface area contributed by atoms with Gasteiger partial charge in [0.1, 0.15) is 17.9 Å². The molecular weight excluding hydrogens is 465 g/mol. The van der Waals surface area contributed by atoms with Crippen molar-refractivity contribution in [3.05, 3.63) is 79.9 Å². The fourth-order valence-corrected chi connectivity index (χ4v) is 3.26. The topological polar surface area (TPSA) is 169 Å². The largest absolute Gasteiger partial charge is 0.465 e. The molecule has 3 unspecified atom stereocenters. The third kappa shape index (κ3) is 5.90. The van der Waals surface area contributed by atoms with Gasteiger partial charge in [0.05, 0.1) is 28.1 Å². The standard InChI is InChI=1S/C20H19F3N4O7/c1-2-34-19(29)15(17(24)20(21,22)23)16(11-7-3-5-9-13(11)26(30)31)25-18(28)12-8-4-6-10-14(12)27(32)33/h3-10,15-16,18,24-25,28H,2H2,1H3. The van der Waals surface area contributed by atoms with Gasteiger partial charge in [0.25, 0.3) is 11.4 Å². The minimum atomic E-state index is -5.33. The minimum absolute atomic E-state index is 0.364. The predicted molar refractivity (Wildman–Crippen MR) is 111 cm³/mol. The van der Waals surface area contributed by atoms with Crippen LogP contribution in [0.15, 0.2) is 48.5 Å². The van der Waals surface area contributed by atoms with E-state index in [1.807, 2.05) is 0 Å². The molecular formula is C20H19F3N4O7. The zero-order valence-electron chi connectivity index (χ0n) is 17.5. The Morgan fingerprint density at radius 2 is 1.53 bits per heavy atom. The Hall–Kier alpha value is -3.91. The van der Waals surface area contributed by atoms with Gasteiger partial charge in [-0.1, -0.05) is 30.3 Å². The number of esters is 1. The number of aliphatic hydroxyl groups is 1. The number of hydrogen-bond acceptors (Lipinski definition) is 9. The van der Waals surface area contributed by atoms with Crippen molar-refractivity contribution in [2.75, 3.05) is 6.61 Å². The number of nitrogens with one attached hydrogen (secondary N) is 2. The third-order valence-corrected chi connectivity index (χ3v) is 4.72. The van der Waals surface area contributed by atoms with E-state index in [0.717, 1.165) is 24.3 Å². The highest BCUT2D eigenvalue weighted by atomic mass is 19.4. The molecule has 182 valence electrons. The van der Waals surface area contributed by atoms with Crippen LogP contribution in [0.2, 0.25) is 0 Å². The number of nitrogens with zero attached hydrogens (tertiary/aromatic N) is 2. The Bertz CT molecular complexity index is 1090. The average Bonchev–Trinajstić information content (AvgIpc) is 2.77. The second-order valence-corrected chi connectivity index (χ2v) is 6.82. The highest BCUT2D eigenvalue weighted by Gasteiger charge is 2.49. The molecule has 0 saturated carbocycles. The first kappa shape index (κ1) is 26.3. The first-order valence-corrected chi connectivity index (χ1v) is 9.63. The summed E-state index contributed by atoms with van der Waals surface area (Å²) in [6.07, 6.45) is -7.38. The van der Waals surface area contributed by atoms with Gasteiger partial charge in [-0.3, -0.25) is 35.7 Å². The van der Waals surface area contributed by atoms with Crippen LogP contribution in [0.1, 0.15) is 30.3 Å². The number of benzene rings is 2. The number of hydrogen-bond donors (Lipinski definition) is 3. The molecule has 0 aliphatic heterocycles. The van der Waals surface area contributed by atoms with E-state index in [1.165, 1.54) is 31.2 Å². The van der Waals surface area contributed by atoms with Gasteiger partial charge in [0, 0.05) is 17.7 Å². The van der Waals surface area contributed by atoms with Gasteiger partial charge >= 0.3 is 12.1 Å². The van der Waals surface area contributed by atoms with Gasteiger partial charge < -0.3 is 9.84 Å². The molecule has 11 nitrogen and oxygen atoms in total. The molecule has 2 aromatic rings. The van der Waals surface area contributed by atoms with Crippen molar-refractivity contribution >= 4 is 23.1 Å². The van der Waals surface area contributed by atoms with E-state index in [1.54, 1.807) is 0 Å². The van der Waals surface area contributed by atoms with Crippen LogP contribution in [0.3, 0.4) is 0 Å². The first-order chi connectivity index (χ1) is 15.9. The Labute approximate surface area is 190 Å². The summed E-state index contributed by atoms with van der Waals surface area (Å²) < 4.78 is 45.3. The summed E-state index contributed by atoms with van der Waals surface area (Å²) in [7, 11) is 0. The maximum absolute atomic E-state index is 13.5. The molecule has 0 aliphatic rings. The van der Waals surface area contributed by atoms with Crippen molar-refractivity contribution in [2.24, 2.45) is 5.92 Å². The molecule has 0 heterocycles. The summed E-state index contributed by atoms with van der Waals surface area (Å²) in [6.45, 7) is 0.943. The molecule has 34 heavy (non-hydrogen) atoms. The minimum Gasteiger partial charge on any atom is -0.465 e. The second-order valence-electron chi connectivity index (χ2n) is 6.82. The molecule has 2 rings (SSSR count). The van der Waals surface area contributed by atoms with Crippen LogP contribution >= 0.6 is 0 Å². The molecule has 3 atom stereocenters. The van der Waals surface area contributed by atoms with Crippen molar-refractivity contribution in [1.82, 2.24) is 5.32 Å². The van der Waals surface area contributed by atoms with Gasteiger partial charge in [-0.25, -0.2) is 0 Å². The van der Waals surface area contributed by atoms with Crippen LogP contribution in [0.25, 0.3) is 0 Å². The van der Waals surface area contributed by atoms with Gasteiger partial charge in [-0.05, 0) is 13.0 Å². The summed E-state index contributed by atoms with van der Waals surface area (Å²) in [6, 6.07) is 7.19. The lowest BCUT2D eigenvalue weighted by Crippen LogP contribution is -2.45. The van der Waals surface area contributed by atoms with E-state index in [4.69, 9.17) is 10.1 Å². The summed E-state index contributed by atoms with van der Waals surface area (Å²) in [5.74, 6) is -4.02. The lowest BCUT2D eigenvalue weighted by molar-refractivity contribution is -0.386. The first-order valence-electron chi connectivity index (χ1n) is 9.63. The summed E-state index contributed by atoms with van der Waals surface area (Å²) in [5, 5.41) is 43.4. The Morgan fingerprint density at radius 3 is 2.00 bits per heavy atom. The highest BCUT2D eigenvalue weighted by Crippen LogP contribution is 2.37. The lowest BCUT2D eigenvalue weighted by Gasteiger charge is -2.30. The number of carbonyl (C=O) groups is 1. The Morgan fingerprint density at radius 1 is 1.06 bits per heavy atom. The van der Waals surface area contributed by atoms with Crippen molar-refractivity contribution in [2.45, 2.75) is 25.4 Å². The van der Waals surface area contributed by atoms with Gasteiger partial charge in [-0.2, -0.15) is 13.2 Å². The van der Waals surface area contributed by atoms with Gasteiger partial charge in [0.15, 0.2) is 0 Å². The molecule has 2 aromatic carbocycles. The monoisotopic (exact) mass is 484 g/mol. The van der Waals surface area contributed by atoms with E-state index in [0.29, 0.717) is 0 Å². The van der Waals surface area contributed by atoms with Crippen molar-refractivity contribution in [1.29, 1.82) is 5.41 Å². The molecule has 0 amide bonds. The quantitative estimate of drug-likeness (QED) is 0.151. The number of rotatable bonds is 10. The van der Waals surface area contributed by atoms with Crippen LogP contribution < -0.4 is 5.32 Å². The van der Waals surface area contributed by atoms with Crippen LogP contribution in [0, 0.1) is 31.6 Å². The van der Waals surface area contributed by atoms with Crippen molar-refractivity contribution in [3.8, 4) is 0 Å². The van der Waals surface area contributed by atoms with Gasteiger partial charge in [0.2, 0.25) is 0 Å². The van der Waals surface area contributed by atoms with Crippen LogP contribution in [-0.4, -0.2) is 39.4 Å². The number of nitro benzene ring substituents is 2. The van der Waals surface area contributed by atoms with E-state index < -0.39 is 62.8 Å².